The third kappa shape index (κ3) is 8.82. The number of hydrogen-bond donors (Lipinski definition) is 2. The molecule has 0 unspecified atom stereocenters. The van der Waals surface area contributed by atoms with E-state index in [2.05, 4.69) is 101 Å². The SMILES string of the molecule is C=CN=C(Nc1ccc(C2CCN(C)CC2)cc1)C(=C\N=C)/C=C(\CC)c1ccc(-c2cccnc2)cc1Cl.CN. The number of nitrogens with zero attached hydrogens (tertiary/aromatic N) is 4. The minimum Gasteiger partial charge on any atom is -0.340 e. The molecule has 6 nitrogen and oxygen atoms in total. The second-order valence-electron chi connectivity index (χ2n) is 9.71. The topological polar surface area (TPSA) is 78.9 Å². The van der Waals surface area contributed by atoms with Crippen LogP contribution in [0.15, 0.2) is 108 Å². The van der Waals surface area contributed by atoms with E-state index < -0.39 is 0 Å². The molecule has 0 aliphatic carbocycles. The summed E-state index contributed by atoms with van der Waals surface area (Å²) in [5, 5.41) is 4.13. The Morgan fingerprint density at radius 1 is 1.12 bits per heavy atom. The minimum absolute atomic E-state index is 0.612. The van der Waals surface area contributed by atoms with Gasteiger partial charge in [0, 0.05) is 46.6 Å². The molecule has 1 fully saturated rings. The van der Waals surface area contributed by atoms with Crippen LogP contribution in [0.1, 0.15) is 43.2 Å². The molecule has 7 heteroatoms. The molecule has 0 radical (unpaired) electrons. The molecule has 2 heterocycles. The van der Waals surface area contributed by atoms with Crippen LogP contribution < -0.4 is 11.1 Å². The lowest BCUT2D eigenvalue weighted by Gasteiger charge is -2.29. The van der Waals surface area contributed by atoms with Crippen LogP contribution in [0, 0.1) is 0 Å². The van der Waals surface area contributed by atoms with Gasteiger partial charge in [0.25, 0.3) is 0 Å². The van der Waals surface area contributed by atoms with Crippen LogP contribution in [0.2, 0.25) is 5.02 Å². The van der Waals surface area contributed by atoms with Crippen molar-refractivity contribution in [3.63, 3.8) is 0 Å². The first-order chi connectivity index (χ1) is 20.0. The van der Waals surface area contributed by atoms with Gasteiger partial charge >= 0.3 is 0 Å². The summed E-state index contributed by atoms with van der Waals surface area (Å²) in [5.41, 5.74) is 11.7. The van der Waals surface area contributed by atoms with Crippen LogP contribution in [-0.4, -0.2) is 49.6 Å². The zero-order chi connectivity index (χ0) is 29.6. The van der Waals surface area contributed by atoms with E-state index in [4.69, 9.17) is 11.6 Å². The number of piperidine rings is 1. The Kier molecular flexibility index (Phi) is 12.7. The summed E-state index contributed by atoms with van der Waals surface area (Å²) in [4.78, 5) is 15.2. The van der Waals surface area contributed by atoms with E-state index in [1.54, 1.807) is 12.4 Å². The normalized spacial score (nSPS) is 15.1. The largest absolute Gasteiger partial charge is 0.340 e. The van der Waals surface area contributed by atoms with Gasteiger partial charge in [0.15, 0.2) is 0 Å². The molecular weight excluding hydrogens is 528 g/mol. The van der Waals surface area contributed by atoms with Gasteiger partial charge in [0.05, 0.1) is 0 Å². The predicted molar refractivity (Wildman–Crippen MR) is 178 cm³/mol. The number of nitrogens with one attached hydrogen (secondary N) is 1. The third-order valence-corrected chi connectivity index (χ3v) is 7.42. The highest BCUT2D eigenvalue weighted by Gasteiger charge is 2.18. The van der Waals surface area contributed by atoms with Crippen LogP contribution in [0.4, 0.5) is 5.69 Å². The lowest BCUT2D eigenvalue weighted by Crippen LogP contribution is -2.29. The number of benzene rings is 2. The van der Waals surface area contributed by atoms with Gasteiger partial charge < -0.3 is 16.0 Å². The molecule has 0 bridgehead atoms. The number of aromatic nitrogens is 1. The standard InChI is InChI=1S/C33H36ClN5.CH5N/c1-5-24(31-14-11-27(21-32(31)34)28-8-7-17-36-23-28)20-29(22-35-3)33(37-6-2)38-30-12-9-25(10-13-30)26-15-18-39(4)19-16-26;1-2/h6-14,17,20-23,26H,2-3,5,15-16,18-19H2,1,4H3,(H,37,38);2H2,1H3/b24-20+,29-22-;. The van der Waals surface area contributed by atoms with Crippen molar-refractivity contribution < 1.29 is 0 Å². The van der Waals surface area contributed by atoms with Gasteiger partial charge in [-0.2, -0.15) is 0 Å². The fourth-order valence-electron chi connectivity index (χ4n) is 4.90. The quantitative estimate of drug-likeness (QED) is 0.157. The van der Waals surface area contributed by atoms with E-state index in [1.165, 1.54) is 31.7 Å². The van der Waals surface area contributed by atoms with Gasteiger partial charge in [0.2, 0.25) is 0 Å². The minimum atomic E-state index is 0.612. The number of hydrogen-bond acceptors (Lipinski definition) is 5. The molecule has 3 N–H and O–H groups in total. The smallest absolute Gasteiger partial charge is 0.139 e. The van der Waals surface area contributed by atoms with Crippen molar-refractivity contribution in [1.29, 1.82) is 0 Å². The summed E-state index contributed by atoms with van der Waals surface area (Å²) >= 11 is 6.79. The molecule has 3 aromatic rings. The van der Waals surface area contributed by atoms with Gasteiger partial charge in [-0.3, -0.25) is 9.98 Å². The monoisotopic (exact) mass is 568 g/mol. The molecule has 1 aliphatic rings. The Hall–Kier alpha value is -3.84. The molecule has 1 aromatic heterocycles. The molecular formula is C34H41ClN6. The first-order valence-corrected chi connectivity index (χ1v) is 14.3. The maximum Gasteiger partial charge on any atom is 0.139 e. The number of aliphatic imine (C=N–C) groups is 2. The highest BCUT2D eigenvalue weighted by Crippen LogP contribution is 2.32. The van der Waals surface area contributed by atoms with E-state index >= 15 is 0 Å². The van der Waals surface area contributed by atoms with Crippen LogP contribution in [-0.2, 0) is 0 Å². The Morgan fingerprint density at radius 3 is 2.44 bits per heavy atom. The van der Waals surface area contributed by atoms with Crippen LogP contribution in [0.3, 0.4) is 0 Å². The molecule has 41 heavy (non-hydrogen) atoms. The fraction of sp³-hybridized carbons (Fsp3) is 0.265. The van der Waals surface area contributed by atoms with Gasteiger partial charge in [-0.1, -0.05) is 55.4 Å². The van der Waals surface area contributed by atoms with E-state index in [9.17, 15) is 0 Å². The summed E-state index contributed by atoms with van der Waals surface area (Å²) in [6.45, 7) is 11.9. The molecule has 4 rings (SSSR count). The van der Waals surface area contributed by atoms with Gasteiger partial charge in [0.1, 0.15) is 5.84 Å². The maximum atomic E-state index is 6.79. The van der Waals surface area contributed by atoms with Gasteiger partial charge in [-0.05, 0) is 112 Å². The first kappa shape index (κ1) is 31.7. The van der Waals surface area contributed by atoms with Gasteiger partial charge in [-0.15, -0.1) is 0 Å². The third-order valence-electron chi connectivity index (χ3n) is 7.11. The zero-order valence-corrected chi connectivity index (χ0v) is 25.1. The number of halogens is 1. The fourth-order valence-corrected chi connectivity index (χ4v) is 5.20. The van der Waals surface area contributed by atoms with Crippen molar-refractivity contribution in [2.24, 2.45) is 15.7 Å². The second kappa shape index (κ2) is 16.4. The first-order valence-electron chi connectivity index (χ1n) is 13.9. The summed E-state index contributed by atoms with van der Waals surface area (Å²) in [7, 11) is 3.69. The Balaban J connectivity index is 0.00000226. The van der Waals surface area contributed by atoms with Crippen molar-refractivity contribution in [2.75, 3.05) is 32.5 Å². The molecule has 1 saturated heterocycles. The Bertz CT molecular complexity index is 1370. The number of nitrogens with two attached hydrogens (primary N) is 1. The van der Waals surface area contributed by atoms with Crippen molar-refractivity contribution in [3.05, 3.63) is 114 Å². The number of pyridine rings is 1. The van der Waals surface area contributed by atoms with Gasteiger partial charge in [-0.25, -0.2) is 4.99 Å². The molecule has 1 aliphatic heterocycles. The number of likely N-dealkylation sites (tertiary alicyclic amines) is 1. The predicted octanol–water partition coefficient (Wildman–Crippen LogP) is 7.82. The molecule has 0 amide bonds. The van der Waals surface area contributed by atoms with E-state index in [0.717, 1.165) is 53.0 Å². The summed E-state index contributed by atoms with van der Waals surface area (Å²) in [6, 6.07) is 18.7. The molecule has 0 spiro atoms. The van der Waals surface area contributed by atoms with Crippen LogP contribution >= 0.6 is 11.6 Å². The summed E-state index contributed by atoms with van der Waals surface area (Å²) < 4.78 is 0. The van der Waals surface area contributed by atoms with E-state index in [-0.39, 0.29) is 0 Å². The lowest BCUT2D eigenvalue weighted by atomic mass is 9.89. The van der Waals surface area contributed by atoms with Crippen LogP contribution in [0.5, 0.6) is 0 Å². The zero-order valence-electron chi connectivity index (χ0n) is 24.4. The molecule has 2 aromatic carbocycles. The average molecular weight is 569 g/mol. The maximum absolute atomic E-state index is 6.79. The molecule has 214 valence electrons. The van der Waals surface area contributed by atoms with Crippen molar-refractivity contribution in [3.8, 4) is 11.1 Å². The number of amidine groups is 1. The molecule has 0 atom stereocenters. The number of rotatable bonds is 9. The van der Waals surface area contributed by atoms with Crippen molar-refractivity contribution in [1.82, 2.24) is 9.88 Å². The van der Waals surface area contributed by atoms with Crippen LogP contribution in [0.25, 0.3) is 16.7 Å². The second-order valence-corrected chi connectivity index (χ2v) is 10.1. The van der Waals surface area contributed by atoms with E-state index in [0.29, 0.717) is 16.8 Å². The van der Waals surface area contributed by atoms with Crippen molar-refractivity contribution >= 4 is 35.4 Å². The summed E-state index contributed by atoms with van der Waals surface area (Å²) in [6.07, 6.45) is 12.1. The average Bonchev–Trinajstić information content (AvgIpc) is 3.01. The number of allylic oxidation sites excluding steroid dienone is 1. The number of anilines is 1. The Labute approximate surface area is 250 Å². The highest BCUT2D eigenvalue weighted by molar-refractivity contribution is 6.32. The lowest BCUT2D eigenvalue weighted by molar-refractivity contribution is 0.255. The van der Waals surface area contributed by atoms with E-state index in [1.807, 2.05) is 24.4 Å². The highest BCUT2D eigenvalue weighted by atomic mass is 35.5. The summed E-state index contributed by atoms with van der Waals surface area (Å²) in [5.74, 6) is 1.25. The molecule has 0 saturated carbocycles. The van der Waals surface area contributed by atoms with Crippen molar-refractivity contribution in [2.45, 2.75) is 32.1 Å². The Morgan fingerprint density at radius 2 is 1.85 bits per heavy atom.